The van der Waals surface area contributed by atoms with Crippen molar-refractivity contribution in [1.82, 2.24) is 19.9 Å². The molecule has 6 heteroatoms. The first kappa shape index (κ1) is 8.36. The van der Waals surface area contributed by atoms with Crippen molar-refractivity contribution >= 4 is 11.8 Å². The van der Waals surface area contributed by atoms with E-state index < -0.39 is 0 Å². The lowest BCUT2D eigenvalue weighted by atomic mass is 10.3. The number of nitrogens with zero attached hydrogens (tertiary/aromatic N) is 4. The second kappa shape index (κ2) is 3.25. The van der Waals surface area contributed by atoms with Crippen molar-refractivity contribution in [3.63, 3.8) is 0 Å². The van der Waals surface area contributed by atoms with Crippen LogP contribution in [0, 0.1) is 0 Å². The Labute approximate surface area is 80.0 Å². The third-order valence-corrected chi connectivity index (χ3v) is 1.61. The first-order valence-corrected chi connectivity index (χ1v) is 3.92. The predicted octanol–water partition coefficient (Wildman–Crippen LogP) is 0.0980. The fourth-order valence-corrected chi connectivity index (χ4v) is 0.987. The van der Waals surface area contributed by atoms with Gasteiger partial charge in [0, 0.05) is 6.20 Å². The second-order valence-corrected chi connectivity index (χ2v) is 2.63. The van der Waals surface area contributed by atoms with Crippen molar-refractivity contribution in [1.29, 1.82) is 0 Å². The number of nitrogens with two attached hydrogens (primary N) is 2. The molecule has 2 aromatic rings. The van der Waals surface area contributed by atoms with E-state index >= 15 is 0 Å². The molecule has 4 N–H and O–H groups in total. The van der Waals surface area contributed by atoms with Crippen LogP contribution in [-0.4, -0.2) is 19.9 Å². The van der Waals surface area contributed by atoms with Crippen molar-refractivity contribution in [2.45, 2.75) is 0 Å². The molecule has 0 saturated carbocycles. The number of aromatic nitrogens is 4. The van der Waals surface area contributed by atoms with Crippen LogP contribution in [0.1, 0.15) is 0 Å². The zero-order chi connectivity index (χ0) is 9.97. The molecule has 2 rings (SSSR count). The predicted molar refractivity (Wildman–Crippen MR) is 51.9 cm³/mol. The third kappa shape index (κ3) is 1.58. The fourth-order valence-electron chi connectivity index (χ4n) is 0.987. The lowest BCUT2D eigenvalue weighted by molar-refractivity contribution is 1.14. The van der Waals surface area contributed by atoms with Crippen molar-refractivity contribution in [2.75, 3.05) is 11.5 Å². The molecule has 0 unspecified atom stereocenters. The van der Waals surface area contributed by atoms with Gasteiger partial charge in [0.25, 0.3) is 0 Å². The highest BCUT2D eigenvalue weighted by atomic mass is 15.0. The molecular weight excluding hydrogens is 180 g/mol. The molecule has 2 aromatic heterocycles. The molecule has 0 amide bonds. The summed E-state index contributed by atoms with van der Waals surface area (Å²) in [6, 6.07) is 1.70. The fraction of sp³-hybridized carbons (Fsp3) is 0. The van der Waals surface area contributed by atoms with Crippen LogP contribution in [0.3, 0.4) is 0 Å². The van der Waals surface area contributed by atoms with Crippen LogP contribution >= 0.6 is 0 Å². The Morgan fingerprint density at radius 1 is 0.929 bits per heavy atom. The monoisotopic (exact) mass is 188 g/mol. The van der Waals surface area contributed by atoms with E-state index in [2.05, 4.69) is 19.9 Å². The summed E-state index contributed by atoms with van der Waals surface area (Å²) >= 11 is 0. The van der Waals surface area contributed by atoms with Gasteiger partial charge in [-0.3, -0.25) is 0 Å². The van der Waals surface area contributed by atoms with Gasteiger partial charge in [0.15, 0.2) is 0 Å². The normalized spacial score (nSPS) is 10.0. The van der Waals surface area contributed by atoms with Crippen LogP contribution in [0.15, 0.2) is 24.7 Å². The summed E-state index contributed by atoms with van der Waals surface area (Å²) in [5.74, 6) is 0.580. The molecule has 70 valence electrons. The van der Waals surface area contributed by atoms with Gasteiger partial charge in [-0.15, -0.1) is 0 Å². The molecule has 14 heavy (non-hydrogen) atoms. The molecule has 0 bridgehead atoms. The first-order valence-electron chi connectivity index (χ1n) is 3.92. The van der Waals surface area contributed by atoms with Gasteiger partial charge in [-0.1, -0.05) is 0 Å². The van der Waals surface area contributed by atoms with Gasteiger partial charge in [-0.25, -0.2) is 19.9 Å². The van der Waals surface area contributed by atoms with E-state index in [1.807, 2.05) is 0 Å². The molecular formula is C8H8N6. The summed E-state index contributed by atoms with van der Waals surface area (Å²) in [6.45, 7) is 0. The minimum Gasteiger partial charge on any atom is -0.382 e. The molecule has 0 aliphatic carbocycles. The molecule has 0 atom stereocenters. The average Bonchev–Trinajstić information content (AvgIpc) is 2.19. The molecule has 0 fully saturated rings. The Morgan fingerprint density at radius 3 is 2.43 bits per heavy atom. The maximum absolute atomic E-state index is 5.43. The minimum atomic E-state index is 0.209. The van der Waals surface area contributed by atoms with Crippen LogP contribution in [0.4, 0.5) is 11.8 Å². The Hall–Kier alpha value is -2.24. The molecule has 0 saturated heterocycles. The lowest BCUT2D eigenvalue weighted by Gasteiger charge is -1.99. The summed E-state index contributed by atoms with van der Waals surface area (Å²) < 4.78 is 0. The highest BCUT2D eigenvalue weighted by Gasteiger charge is 2.01. The van der Waals surface area contributed by atoms with Crippen LogP contribution in [0.2, 0.25) is 0 Å². The minimum absolute atomic E-state index is 0.209. The third-order valence-electron chi connectivity index (χ3n) is 1.61. The van der Waals surface area contributed by atoms with Gasteiger partial charge in [-0.2, -0.15) is 0 Å². The van der Waals surface area contributed by atoms with Gasteiger partial charge in [0.05, 0.1) is 18.1 Å². The Balaban J connectivity index is 2.44. The summed E-state index contributed by atoms with van der Waals surface area (Å²) in [5, 5.41) is 0. The Morgan fingerprint density at radius 2 is 1.79 bits per heavy atom. The SMILES string of the molecule is Nc1cnc(-c2ccnc(N)n2)cn1. The van der Waals surface area contributed by atoms with Crippen LogP contribution < -0.4 is 11.5 Å². The maximum atomic E-state index is 5.43. The van der Waals surface area contributed by atoms with Crippen molar-refractivity contribution in [3.05, 3.63) is 24.7 Å². The summed E-state index contributed by atoms with van der Waals surface area (Å²) in [5.41, 5.74) is 12.1. The molecule has 0 aromatic carbocycles. The number of anilines is 2. The van der Waals surface area contributed by atoms with Crippen molar-refractivity contribution < 1.29 is 0 Å². The number of hydrogen-bond acceptors (Lipinski definition) is 6. The standard InChI is InChI=1S/C8H8N6/c9-7-4-12-6(3-13-7)5-1-2-11-8(10)14-5/h1-4H,(H2,9,13)(H2,10,11,14). The van der Waals surface area contributed by atoms with E-state index in [4.69, 9.17) is 11.5 Å². The largest absolute Gasteiger partial charge is 0.382 e. The van der Waals surface area contributed by atoms with E-state index in [1.165, 1.54) is 12.4 Å². The second-order valence-electron chi connectivity index (χ2n) is 2.63. The molecule has 2 heterocycles. The van der Waals surface area contributed by atoms with E-state index in [0.717, 1.165) is 0 Å². The zero-order valence-electron chi connectivity index (χ0n) is 7.25. The van der Waals surface area contributed by atoms with Crippen LogP contribution in [0.5, 0.6) is 0 Å². The van der Waals surface area contributed by atoms with Gasteiger partial charge >= 0.3 is 0 Å². The van der Waals surface area contributed by atoms with E-state index in [0.29, 0.717) is 17.2 Å². The van der Waals surface area contributed by atoms with Crippen LogP contribution in [0.25, 0.3) is 11.4 Å². The number of rotatable bonds is 1. The summed E-state index contributed by atoms with van der Waals surface area (Å²) in [7, 11) is 0. The Bertz CT molecular complexity index is 438. The van der Waals surface area contributed by atoms with Crippen molar-refractivity contribution in [3.8, 4) is 11.4 Å². The van der Waals surface area contributed by atoms with E-state index in [9.17, 15) is 0 Å². The summed E-state index contributed by atoms with van der Waals surface area (Å²) in [4.78, 5) is 15.7. The Kier molecular flexibility index (Phi) is 1.94. The van der Waals surface area contributed by atoms with Gasteiger partial charge in [-0.05, 0) is 6.07 Å². The zero-order valence-corrected chi connectivity index (χ0v) is 7.25. The van der Waals surface area contributed by atoms with Crippen LogP contribution in [-0.2, 0) is 0 Å². The highest BCUT2D eigenvalue weighted by molar-refractivity contribution is 5.54. The van der Waals surface area contributed by atoms with E-state index in [-0.39, 0.29) is 5.95 Å². The lowest BCUT2D eigenvalue weighted by Crippen LogP contribution is -1.97. The van der Waals surface area contributed by atoms with Crippen molar-refractivity contribution in [2.24, 2.45) is 0 Å². The maximum Gasteiger partial charge on any atom is 0.220 e. The highest BCUT2D eigenvalue weighted by Crippen LogP contribution is 2.12. The number of hydrogen-bond donors (Lipinski definition) is 2. The van der Waals surface area contributed by atoms with E-state index in [1.54, 1.807) is 12.3 Å². The molecule has 0 radical (unpaired) electrons. The van der Waals surface area contributed by atoms with Gasteiger partial charge in [0.2, 0.25) is 5.95 Å². The first-order chi connectivity index (χ1) is 6.75. The molecule has 0 aliphatic heterocycles. The average molecular weight is 188 g/mol. The molecule has 0 aliphatic rings. The molecule has 0 spiro atoms. The smallest absolute Gasteiger partial charge is 0.220 e. The summed E-state index contributed by atoms with van der Waals surface area (Å²) in [6.07, 6.45) is 4.57. The van der Waals surface area contributed by atoms with Gasteiger partial charge < -0.3 is 11.5 Å². The topological polar surface area (TPSA) is 104 Å². The number of nitrogen functional groups attached to an aromatic ring is 2. The van der Waals surface area contributed by atoms with Gasteiger partial charge in [0.1, 0.15) is 11.5 Å². The quantitative estimate of drug-likeness (QED) is 0.657. The molecule has 6 nitrogen and oxygen atoms in total.